The van der Waals surface area contributed by atoms with Crippen LogP contribution in [-0.2, 0) is 0 Å². The molecular weight excluding hydrogens is 312 g/mol. The second kappa shape index (κ2) is 6.09. The van der Waals surface area contributed by atoms with Gasteiger partial charge in [0.15, 0.2) is 5.82 Å². The monoisotopic (exact) mass is 328 g/mol. The number of nitrogens with one attached hydrogen (secondary N) is 1. The van der Waals surface area contributed by atoms with Gasteiger partial charge in [0, 0.05) is 11.1 Å². The van der Waals surface area contributed by atoms with Gasteiger partial charge in [-0.2, -0.15) is 0 Å². The largest absolute Gasteiger partial charge is 0.397 e. The molecule has 0 aliphatic carbocycles. The van der Waals surface area contributed by atoms with Crippen LogP contribution in [0.25, 0.3) is 33.6 Å². The Kier molecular flexibility index (Phi) is 3.63. The first-order valence-electron chi connectivity index (χ1n) is 7.82. The predicted octanol–water partition coefficient (Wildman–Crippen LogP) is 3.37. The van der Waals surface area contributed by atoms with Gasteiger partial charge in [0.05, 0.1) is 11.4 Å². The van der Waals surface area contributed by atoms with E-state index < -0.39 is 0 Å². The second-order valence-electron chi connectivity index (χ2n) is 5.69. The molecule has 122 valence electrons. The quantitative estimate of drug-likeness (QED) is 0.500. The maximum Gasteiger partial charge on any atom is 0.180 e. The Labute approximate surface area is 144 Å². The van der Waals surface area contributed by atoms with Crippen LogP contribution in [-0.4, -0.2) is 20.6 Å². The van der Waals surface area contributed by atoms with Gasteiger partial charge in [0.1, 0.15) is 0 Å². The highest BCUT2D eigenvalue weighted by Gasteiger charge is 2.16. The number of nitrogens with zero attached hydrogens (tertiary/aromatic N) is 3. The Bertz CT molecular complexity index is 1010. The van der Waals surface area contributed by atoms with Crippen LogP contribution in [0.3, 0.4) is 0 Å². The Morgan fingerprint density at radius 1 is 0.760 bits per heavy atom. The molecule has 6 nitrogen and oxygen atoms in total. The minimum atomic E-state index is 0.513. The Balaban J connectivity index is 1.92. The van der Waals surface area contributed by atoms with Gasteiger partial charge in [-0.05, 0) is 45.3 Å². The summed E-state index contributed by atoms with van der Waals surface area (Å²) in [7, 11) is 0. The van der Waals surface area contributed by atoms with Crippen molar-refractivity contribution >= 4 is 11.4 Å². The molecule has 0 atom stereocenters. The van der Waals surface area contributed by atoms with Crippen LogP contribution in [0.4, 0.5) is 11.4 Å². The van der Waals surface area contributed by atoms with Gasteiger partial charge >= 0.3 is 0 Å². The molecular formula is C19H16N6. The molecule has 0 bridgehead atoms. The Morgan fingerprint density at radius 2 is 1.52 bits per heavy atom. The molecule has 1 heterocycles. The summed E-state index contributed by atoms with van der Waals surface area (Å²) in [5, 5.41) is 14.1. The van der Waals surface area contributed by atoms with Crippen molar-refractivity contribution in [3.63, 3.8) is 0 Å². The fourth-order valence-electron chi connectivity index (χ4n) is 2.90. The first kappa shape index (κ1) is 14.9. The second-order valence-corrected chi connectivity index (χ2v) is 5.69. The summed E-state index contributed by atoms with van der Waals surface area (Å²) in [5.41, 5.74) is 18.2. The molecule has 6 heteroatoms. The van der Waals surface area contributed by atoms with Crippen LogP contribution >= 0.6 is 0 Å². The fourth-order valence-corrected chi connectivity index (χ4v) is 2.90. The third kappa shape index (κ3) is 2.70. The summed E-state index contributed by atoms with van der Waals surface area (Å²) in [6, 6.07) is 22.0. The highest BCUT2D eigenvalue weighted by atomic mass is 15.5. The van der Waals surface area contributed by atoms with E-state index in [0.29, 0.717) is 17.2 Å². The molecule has 4 aromatic rings. The first-order valence-corrected chi connectivity index (χ1v) is 7.82. The lowest BCUT2D eigenvalue weighted by molar-refractivity contribution is 0.881. The average molecular weight is 328 g/mol. The number of anilines is 2. The van der Waals surface area contributed by atoms with Gasteiger partial charge in [0.2, 0.25) is 0 Å². The van der Waals surface area contributed by atoms with Gasteiger partial charge in [0.25, 0.3) is 0 Å². The molecule has 5 N–H and O–H groups in total. The van der Waals surface area contributed by atoms with E-state index in [9.17, 15) is 0 Å². The molecule has 1 aromatic heterocycles. The lowest BCUT2D eigenvalue weighted by Crippen LogP contribution is -2.00. The van der Waals surface area contributed by atoms with Crippen molar-refractivity contribution in [3.05, 3.63) is 66.7 Å². The van der Waals surface area contributed by atoms with Crippen LogP contribution in [0.5, 0.6) is 0 Å². The zero-order chi connectivity index (χ0) is 17.2. The molecule has 0 saturated heterocycles. The van der Waals surface area contributed by atoms with E-state index in [2.05, 4.69) is 44.9 Å². The lowest BCUT2D eigenvalue weighted by Gasteiger charge is -2.14. The summed E-state index contributed by atoms with van der Waals surface area (Å²) in [6.07, 6.45) is 0. The zero-order valence-electron chi connectivity index (χ0n) is 13.3. The number of rotatable bonds is 3. The van der Waals surface area contributed by atoms with Crippen LogP contribution in [0.2, 0.25) is 0 Å². The maximum atomic E-state index is 6.30. The maximum absolute atomic E-state index is 6.30. The van der Waals surface area contributed by atoms with Crippen molar-refractivity contribution < 1.29 is 0 Å². The summed E-state index contributed by atoms with van der Waals surface area (Å²) in [5.74, 6) is 0.548. The average Bonchev–Trinajstić information content (AvgIpc) is 3.19. The van der Waals surface area contributed by atoms with E-state index in [4.69, 9.17) is 11.5 Å². The molecule has 0 aliphatic heterocycles. The highest BCUT2D eigenvalue weighted by molar-refractivity contribution is 5.95. The Hall–Kier alpha value is -3.67. The summed E-state index contributed by atoms with van der Waals surface area (Å²) in [4.78, 5) is 0. The van der Waals surface area contributed by atoms with E-state index in [0.717, 1.165) is 27.8 Å². The van der Waals surface area contributed by atoms with Gasteiger partial charge in [-0.3, -0.25) is 0 Å². The number of nitrogen functional groups attached to an aromatic ring is 2. The van der Waals surface area contributed by atoms with E-state index >= 15 is 0 Å². The van der Waals surface area contributed by atoms with Gasteiger partial charge in [-0.1, -0.05) is 48.5 Å². The van der Waals surface area contributed by atoms with E-state index in [-0.39, 0.29) is 0 Å². The topological polar surface area (TPSA) is 106 Å². The minimum absolute atomic E-state index is 0.513. The molecule has 4 rings (SSSR count). The van der Waals surface area contributed by atoms with Crippen molar-refractivity contribution in [3.8, 4) is 33.6 Å². The number of benzene rings is 3. The van der Waals surface area contributed by atoms with Crippen molar-refractivity contribution in [2.24, 2.45) is 0 Å². The summed E-state index contributed by atoms with van der Waals surface area (Å²) in [6.45, 7) is 0. The molecule has 25 heavy (non-hydrogen) atoms. The van der Waals surface area contributed by atoms with Crippen LogP contribution in [0, 0.1) is 0 Å². The van der Waals surface area contributed by atoms with E-state index in [1.54, 1.807) is 6.07 Å². The SMILES string of the molecule is Nc1ccc(-c2nnn[nH]2)c(-c2cccc(-c3ccccc3)c2)c1N. The molecule has 0 radical (unpaired) electrons. The minimum Gasteiger partial charge on any atom is -0.397 e. The smallest absolute Gasteiger partial charge is 0.180 e. The number of aromatic nitrogens is 4. The number of tetrazole rings is 1. The third-order valence-corrected chi connectivity index (χ3v) is 4.14. The van der Waals surface area contributed by atoms with Gasteiger partial charge < -0.3 is 11.5 Å². The van der Waals surface area contributed by atoms with Crippen molar-refractivity contribution in [1.29, 1.82) is 0 Å². The number of hydrogen-bond donors (Lipinski definition) is 3. The molecule has 3 aromatic carbocycles. The van der Waals surface area contributed by atoms with Crippen LogP contribution in [0.15, 0.2) is 66.7 Å². The van der Waals surface area contributed by atoms with E-state index in [1.165, 1.54) is 0 Å². The number of hydrogen-bond acceptors (Lipinski definition) is 5. The molecule has 0 aliphatic rings. The van der Waals surface area contributed by atoms with E-state index in [1.807, 2.05) is 36.4 Å². The molecule has 0 spiro atoms. The lowest BCUT2D eigenvalue weighted by atomic mass is 9.93. The molecule has 0 amide bonds. The zero-order valence-corrected chi connectivity index (χ0v) is 13.3. The number of nitrogens with two attached hydrogens (primary N) is 2. The number of H-pyrrole nitrogens is 1. The summed E-state index contributed by atoms with van der Waals surface area (Å²) >= 11 is 0. The highest BCUT2D eigenvalue weighted by Crippen LogP contribution is 2.39. The standard InChI is InChI=1S/C19H16N6/c20-16-10-9-15(19-22-24-25-23-19)17(18(16)21)14-8-4-7-13(11-14)12-5-2-1-3-6-12/h1-11H,20-21H2,(H,22,23,24,25). The summed E-state index contributed by atoms with van der Waals surface area (Å²) < 4.78 is 0. The molecule has 0 fully saturated rings. The Morgan fingerprint density at radius 3 is 2.28 bits per heavy atom. The van der Waals surface area contributed by atoms with Gasteiger partial charge in [-0.25, -0.2) is 5.10 Å². The molecule has 0 unspecified atom stereocenters. The predicted molar refractivity (Wildman–Crippen MR) is 99.3 cm³/mol. The van der Waals surface area contributed by atoms with Crippen LogP contribution < -0.4 is 11.5 Å². The van der Waals surface area contributed by atoms with Gasteiger partial charge in [-0.15, -0.1) is 5.10 Å². The normalized spacial score (nSPS) is 10.7. The van der Waals surface area contributed by atoms with Crippen molar-refractivity contribution in [2.45, 2.75) is 0 Å². The first-order chi connectivity index (χ1) is 12.2. The van der Waals surface area contributed by atoms with Crippen LogP contribution in [0.1, 0.15) is 0 Å². The van der Waals surface area contributed by atoms with Crippen molar-refractivity contribution in [2.75, 3.05) is 11.5 Å². The van der Waals surface area contributed by atoms with Crippen molar-refractivity contribution in [1.82, 2.24) is 20.6 Å². The number of aromatic amines is 1. The third-order valence-electron chi connectivity index (χ3n) is 4.14. The fraction of sp³-hybridized carbons (Fsp3) is 0. The molecule has 0 saturated carbocycles.